The van der Waals surface area contributed by atoms with Crippen molar-refractivity contribution in [3.05, 3.63) is 35.6 Å². The lowest BCUT2D eigenvalue weighted by Gasteiger charge is -2.00. The molecule has 2 aromatic rings. The second-order valence-electron chi connectivity index (χ2n) is 3.91. The molecule has 5 heteroatoms. The van der Waals surface area contributed by atoms with Crippen LogP contribution in [0.5, 0.6) is 0 Å². The smallest absolute Gasteiger partial charge is 0.372 e. The van der Waals surface area contributed by atoms with Gasteiger partial charge in [-0.25, -0.2) is 4.79 Å². The zero-order chi connectivity index (χ0) is 13.0. The molecule has 0 spiro atoms. The Morgan fingerprint density at radius 3 is 2.89 bits per heavy atom. The maximum atomic E-state index is 11.2. The Kier molecular flexibility index (Phi) is 4.28. The summed E-state index contributed by atoms with van der Waals surface area (Å²) in [5, 5.41) is 10.0. The summed E-state index contributed by atoms with van der Waals surface area (Å²) in [4.78, 5) is 11.2. The summed E-state index contributed by atoms with van der Waals surface area (Å²) in [6.45, 7) is 0.658. The van der Waals surface area contributed by atoms with Crippen molar-refractivity contribution in [1.29, 1.82) is 0 Å². The van der Waals surface area contributed by atoms with Crippen molar-refractivity contribution in [2.24, 2.45) is 5.73 Å². The maximum Gasteiger partial charge on any atom is 0.372 e. The minimum Gasteiger partial charge on any atom is -0.475 e. The number of hydrogen-bond donors (Lipinski definition) is 2. The topological polar surface area (TPSA) is 76.5 Å². The minimum absolute atomic E-state index is 0.0523. The molecule has 1 heterocycles. The molecule has 0 radical (unpaired) electrons. The number of aromatic carboxylic acids is 1. The van der Waals surface area contributed by atoms with Crippen molar-refractivity contribution in [2.75, 3.05) is 12.3 Å². The van der Waals surface area contributed by atoms with Crippen LogP contribution in [0.3, 0.4) is 0 Å². The van der Waals surface area contributed by atoms with Gasteiger partial charge in [-0.05, 0) is 24.8 Å². The molecule has 0 aliphatic rings. The quantitative estimate of drug-likeness (QED) is 0.785. The molecule has 2 rings (SSSR count). The standard InChI is InChI=1S/C13H15NO3S/c14-6-3-7-18-8-10-9-4-1-2-5-11(9)17-12(10)13(15)16/h1-2,4-5H,3,6-8,14H2,(H,15,16). The van der Waals surface area contributed by atoms with E-state index in [4.69, 9.17) is 15.3 Å². The lowest BCUT2D eigenvalue weighted by molar-refractivity contribution is 0.0664. The molecule has 0 saturated heterocycles. The van der Waals surface area contributed by atoms with Crippen LogP contribution in [-0.4, -0.2) is 23.4 Å². The van der Waals surface area contributed by atoms with E-state index in [0.717, 1.165) is 23.1 Å². The van der Waals surface area contributed by atoms with Crippen molar-refractivity contribution in [3.63, 3.8) is 0 Å². The van der Waals surface area contributed by atoms with Crippen LogP contribution < -0.4 is 5.73 Å². The summed E-state index contributed by atoms with van der Waals surface area (Å²) < 4.78 is 5.38. The first-order valence-electron chi connectivity index (χ1n) is 5.75. The number of thioether (sulfide) groups is 1. The SMILES string of the molecule is NCCCSCc1c(C(=O)O)oc2ccccc12. The summed E-state index contributed by atoms with van der Waals surface area (Å²) >= 11 is 1.68. The van der Waals surface area contributed by atoms with Crippen LogP contribution in [0, 0.1) is 0 Å². The molecular weight excluding hydrogens is 250 g/mol. The molecule has 0 fully saturated rings. The van der Waals surface area contributed by atoms with E-state index in [1.165, 1.54) is 0 Å². The Bertz CT molecular complexity index is 550. The molecular formula is C13H15NO3S. The number of nitrogens with two attached hydrogens (primary N) is 1. The molecule has 0 bridgehead atoms. The number of carbonyl (C=O) groups is 1. The van der Waals surface area contributed by atoms with E-state index in [0.29, 0.717) is 17.9 Å². The average molecular weight is 265 g/mol. The third kappa shape index (κ3) is 2.68. The first-order chi connectivity index (χ1) is 8.74. The van der Waals surface area contributed by atoms with Crippen molar-refractivity contribution in [3.8, 4) is 0 Å². The number of benzene rings is 1. The van der Waals surface area contributed by atoms with Crippen LogP contribution in [0.1, 0.15) is 22.5 Å². The molecule has 0 unspecified atom stereocenters. The zero-order valence-electron chi connectivity index (χ0n) is 9.89. The Morgan fingerprint density at radius 1 is 1.39 bits per heavy atom. The van der Waals surface area contributed by atoms with E-state index >= 15 is 0 Å². The van der Waals surface area contributed by atoms with Gasteiger partial charge in [0, 0.05) is 16.7 Å². The third-order valence-corrected chi connectivity index (χ3v) is 3.70. The predicted octanol–water partition coefficient (Wildman–Crippen LogP) is 2.71. The van der Waals surface area contributed by atoms with Gasteiger partial charge >= 0.3 is 5.97 Å². The summed E-state index contributed by atoms with van der Waals surface area (Å²) in [5.41, 5.74) is 6.82. The van der Waals surface area contributed by atoms with E-state index in [1.807, 2.05) is 18.2 Å². The fourth-order valence-corrected chi connectivity index (χ4v) is 2.78. The van der Waals surface area contributed by atoms with Gasteiger partial charge in [0.1, 0.15) is 5.58 Å². The van der Waals surface area contributed by atoms with Crippen molar-refractivity contribution >= 4 is 28.7 Å². The first-order valence-corrected chi connectivity index (χ1v) is 6.91. The summed E-state index contributed by atoms with van der Waals surface area (Å²) in [6, 6.07) is 7.40. The Morgan fingerprint density at radius 2 is 2.17 bits per heavy atom. The minimum atomic E-state index is -1.01. The lowest BCUT2D eigenvalue weighted by Crippen LogP contribution is -2.01. The zero-order valence-corrected chi connectivity index (χ0v) is 10.7. The highest BCUT2D eigenvalue weighted by atomic mass is 32.2. The van der Waals surface area contributed by atoms with Gasteiger partial charge in [0.2, 0.25) is 5.76 Å². The molecule has 96 valence electrons. The van der Waals surface area contributed by atoms with E-state index in [2.05, 4.69) is 0 Å². The number of carboxylic acids is 1. The number of fused-ring (bicyclic) bond motifs is 1. The van der Waals surface area contributed by atoms with Gasteiger partial charge in [-0.1, -0.05) is 18.2 Å². The molecule has 4 nitrogen and oxygen atoms in total. The summed E-state index contributed by atoms with van der Waals surface area (Å²) in [6.07, 6.45) is 0.933. The van der Waals surface area contributed by atoms with E-state index in [-0.39, 0.29) is 5.76 Å². The monoisotopic (exact) mass is 265 g/mol. The number of hydrogen-bond acceptors (Lipinski definition) is 4. The van der Waals surface area contributed by atoms with Crippen molar-refractivity contribution in [2.45, 2.75) is 12.2 Å². The molecule has 0 atom stereocenters. The number of carboxylic acid groups (broad SMARTS) is 1. The molecule has 1 aromatic heterocycles. The first kappa shape index (κ1) is 13.0. The number of rotatable bonds is 6. The summed E-state index contributed by atoms with van der Waals surface area (Å²) in [7, 11) is 0. The van der Waals surface area contributed by atoms with E-state index in [9.17, 15) is 4.79 Å². The second-order valence-corrected chi connectivity index (χ2v) is 5.01. The molecule has 0 aliphatic carbocycles. The van der Waals surface area contributed by atoms with E-state index in [1.54, 1.807) is 17.8 Å². The third-order valence-electron chi connectivity index (χ3n) is 2.63. The maximum absolute atomic E-state index is 11.2. The van der Waals surface area contributed by atoms with Crippen LogP contribution in [0.15, 0.2) is 28.7 Å². The van der Waals surface area contributed by atoms with E-state index < -0.39 is 5.97 Å². The number of para-hydroxylation sites is 1. The Hall–Kier alpha value is -1.46. The Labute approximate surface area is 109 Å². The number of furan rings is 1. The molecule has 0 aliphatic heterocycles. The largest absolute Gasteiger partial charge is 0.475 e. The highest BCUT2D eigenvalue weighted by Crippen LogP contribution is 2.29. The van der Waals surface area contributed by atoms with Gasteiger partial charge in [0.05, 0.1) is 0 Å². The lowest BCUT2D eigenvalue weighted by atomic mass is 10.1. The van der Waals surface area contributed by atoms with Crippen molar-refractivity contribution < 1.29 is 14.3 Å². The van der Waals surface area contributed by atoms with Gasteiger partial charge in [-0.15, -0.1) is 0 Å². The average Bonchev–Trinajstić information content (AvgIpc) is 2.74. The van der Waals surface area contributed by atoms with Crippen LogP contribution in [0.2, 0.25) is 0 Å². The fraction of sp³-hybridized carbons (Fsp3) is 0.308. The molecule has 0 amide bonds. The van der Waals surface area contributed by atoms with Crippen LogP contribution in [-0.2, 0) is 5.75 Å². The van der Waals surface area contributed by atoms with Gasteiger partial charge < -0.3 is 15.3 Å². The fourth-order valence-electron chi connectivity index (χ4n) is 1.77. The highest BCUT2D eigenvalue weighted by Gasteiger charge is 2.19. The van der Waals surface area contributed by atoms with Gasteiger partial charge in [0.25, 0.3) is 0 Å². The van der Waals surface area contributed by atoms with Crippen LogP contribution in [0.25, 0.3) is 11.0 Å². The second kappa shape index (κ2) is 5.93. The predicted molar refractivity (Wildman–Crippen MR) is 73.0 cm³/mol. The van der Waals surface area contributed by atoms with Gasteiger partial charge in [0.15, 0.2) is 0 Å². The Balaban J connectivity index is 2.27. The van der Waals surface area contributed by atoms with Crippen LogP contribution in [0.4, 0.5) is 0 Å². The molecule has 3 N–H and O–H groups in total. The molecule has 18 heavy (non-hydrogen) atoms. The van der Waals surface area contributed by atoms with Crippen LogP contribution >= 0.6 is 11.8 Å². The van der Waals surface area contributed by atoms with Gasteiger partial charge in [-0.2, -0.15) is 11.8 Å². The van der Waals surface area contributed by atoms with Crippen molar-refractivity contribution in [1.82, 2.24) is 0 Å². The normalized spacial score (nSPS) is 10.9. The highest BCUT2D eigenvalue weighted by molar-refractivity contribution is 7.98. The molecule has 1 aromatic carbocycles. The molecule has 0 saturated carbocycles. The summed E-state index contributed by atoms with van der Waals surface area (Å²) in [5.74, 6) is 0.602. The van der Waals surface area contributed by atoms with Gasteiger partial charge in [-0.3, -0.25) is 0 Å².